The Morgan fingerprint density at radius 2 is 1.96 bits per heavy atom. The molecule has 2 bridgehead atoms. The first-order chi connectivity index (χ1) is 11.7. The van der Waals surface area contributed by atoms with Crippen molar-refractivity contribution in [1.29, 1.82) is 5.26 Å². The molecule has 0 saturated carbocycles. The van der Waals surface area contributed by atoms with Gasteiger partial charge in [0, 0.05) is 31.9 Å². The van der Waals surface area contributed by atoms with Crippen molar-refractivity contribution in [2.24, 2.45) is 5.92 Å². The molecular weight excluding hydrogens is 302 g/mol. The number of amides is 1. The molecule has 3 aliphatic rings. The van der Waals surface area contributed by atoms with Crippen LogP contribution in [0, 0.1) is 17.2 Å². The minimum absolute atomic E-state index is 0.0882. The van der Waals surface area contributed by atoms with Gasteiger partial charge in [0.1, 0.15) is 0 Å². The average molecular weight is 325 g/mol. The summed E-state index contributed by atoms with van der Waals surface area (Å²) in [6, 6.07) is 9.87. The van der Waals surface area contributed by atoms with E-state index in [1.54, 1.807) is 0 Å². The van der Waals surface area contributed by atoms with Crippen LogP contribution in [0.2, 0.25) is 0 Å². The van der Waals surface area contributed by atoms with Crippen molar-refractivity contribution in [3.63, 3.8) is 0 Å². The van der Waals surface area contributed by atoms with Crippen molar-refractivity contribution in [2.45, 2.75) is 37.9 Å². The summed E-state index contributed by atoms with van der Waals surface area (Å²) in [5, 5.41) is 8.91. The lowest BCUT2D eigenvalue weighted by atomic mass is 9.88. The number of nitriles is 1. The molecule has 3 heterocycles. The van der Waals surface area contributed by atoms with Crippen LogP contribution in [0.5, 0.6) is 0 Å². The SMILES string of the molecule is N#Cc1ccc(N2CCCN(C(=O)C3CC4CCC3O4)CC2)cc1. The molecule has 3 saturated heterocycles. The Labute approximate surface area is 142 Å². The first kappa shape index (κ1) is 15.5. The van der Waals surface area contributed by atoms with E-state index >= 15 is 0 Å². The van der Waals surface area contributed by atoms with Gasteiger partial charge in [-0.15, -0.1) is 0 Å². The molecule has 0 aromatic heterocycles. The molecule has 1 aromatic carbocycles. The van der Waals surface area contributed by atoms with Gasteiger partial charge >= 0.3 is 0 Å². The normalized spacial score (nSPS) is 29.4. The number of carbonyl (C=O) groups excluding carboxylic acids is 1. The molecule has 5 heteroatoms. The van der Waals surface area contributed by atoms with Gasteiger partial charge in [0.05, 0.1) is 29.8 Å². The van der Waals surface area contributed by atoms with E-state index in [1.165, 1.54) is 0 Å². The van der Waals surface area contributed by atoms with Crippen LogP contribution in [0.3, 0.4) is 0 Å². The van der Waals surface area contributed by atoms with E-state index in [2.05, 4.69) is 11.0 Å². The standard InChI is InChI=1S/C19H23N3O2/c20-13-14-2-4-15(5-3-14)21-8-1-9-22(11-10-21)19(23)17-12-16-6-7-18(17)24-16/h2-5,16-18H,1,6-12H2. The number of fused-ring (bicyclic) bond motifs is 2. The molecule has 0 aliphatic carbocycles. The fraction of sp³-hybridized carbons (Fsp3) is 0.579. The zero-order chi connectivity index (χ0) is 16.5. The molecule has 3 unspecified atom stereocenters. The number of rotatable bonds is 2. The van der Waals surface area contributed by atoms with Crippen LogP contribution in [-0.4, -0.2) is 49.2 Å². The first-order valence-electron chi connectivity index (χ1n) is 8.94. The summed E-state index contributed by atoms with van der Waals surface area (Å²) >= 11 is 0. The van der Waals surface area contributed by atoms with Gasteiger partial charge < -0.3 is 14.5 Å². The van der Waals surface area contributed by atoms with E-state index in [9.17, 15) is 4.79 Å². The Balaban J connectivity index is 1.39. The highest BCUT2D eigenvalue weighted by Gasteiger charge is 2.45. The fourth-order valence-electron chi connectivity index (χ4n) is 4.28. The second-order valence-electron chi connectivity index (χ2n) is 7.04. The number of carbonyl (C=O) groups is 1. The Morgan fingerprint density at radius 1 is 1.12 bits per heavy atom. The molecule has 1 aromatic rings. The number of hydrogen-bond donors (Lipinski definition) is 0. The average Bonchev–Trinajstić information content (AvgIpc) is 3.17. The second-order valence-corrected chi connectivity index (χ2v) is 7.04. The Hall–Kier alpha value is -2.06. The molecule has 3 fully saturated rings. The molecule has 0 radical (unpaired) electrons. The summed E-state index contributed by atoms with van der Waals surface area (Å²) in [5.74, 6) is 0.383. The summed E-state index contributed by atoms with van der Waals surface area (Å²) in [6.45, 7) is 3.40. The summed E-state index contributed by atoms with van der Waals surface area (Å²) in [7, 11) is 0. The molecule has 3 atom stereocenters. The van der Waals surface area contributed by atoms with Crippen molar-refractivity contribution < 1.29 is 9.53 Å². The van der Waals surface area contributed by atoms with Crippen molar-refractivity contribution in [3.05, 3.63) is 29.8 Å². The highest BCUT2D eigenvalue weighted by molar-refractivity contribution is 5.80. The van der Waals surface area contributed by atoms with Gasteiger partial charge in [-0.2, -0.15) is 5.26 Å². The predicted octanol–water partition coefficient (Wildman–Crippen LogP) is 2.16. The van der Waals surface area contributed by atoms with Crippen LogP contribution in [0.25, 0.3) is 0 Å². The quantitative estimate of drug-likeness (QED) is 0.836. The van der Waals surface area contributed by atoms with Crippen LogP contribution in [0.4, 0.5) is 5.69 Å². The largest absolute Gasteiger partial charge is 0.374 e. The number of anilines is 1. The number of nitrogens with zero attached hydrogens (tertiary/aromatic N) is 3. The van der Waals surface area contributed by atoms with E-state index in [-0.39, 0.29) is 12.0 Å². The monoisotopic (exact) mass is 325 g/mol. The second kappa shape index (κ2) is 6.45. The molecule has 1 amide bonds. The van der Waals surface area contributed by atoms with Gasteiger partial charge in [-0.1, -0.05) is 0 Å². The highest BCUT2D eigenvalue weighted by atomic mass is 16.5. The van der Waals surface area contributed by atoms with Gasteiger partial charge in [0.2, 0.25) is 5.91 Å². The van der Waals surface area contributed by atoms with E-state index in [1.807, 2.05) is 29.2 Å². The van der Waals surface area contributed by atoms with Crippen molar-refractivity contribution in [1.82, 2.24) is 4.90 Å². The molecule has 5 nitrogen and oxygen atoms in total. The minimum atomic E-state index is 0.0882. The Morgan fingerprint density at radius 3 is 2.62 bits per heavy atom. The number of hydrogen-bond acceptors (Lipinski definition) is 4. The molecule has 0 N–H and O–H groups in total. The summed E-state index contributed by atoms with van der Waals surface area (Å²) in [4.78, 5) is 17.2. The Kier molecular flexibility index (Phi) is 4.15. The number of ether oxygens (including phenoxy) is 1. The zero-order valence-corrected chi connectivity index (χ0v) is 13.9. The molecule has 4 rings (SSSR count). The van der Waals surface area contributed by atoms with E-state index in [0.29, 0.717) is 17.6 Å². The smallest absolute Gasteiger partial charge is 0.228 e. The van der Waals surface area contributed by atoms with Gasteiger partial charge in [-0.25, -0.2) is 0 Å². The van der Waals surface area contributed by atoms with Crippen LogP contribution >= 0.6 is 0 Å². The van der Waals surface area contributed by atoms with Gasteiger partial charge in [0.25, 0.3) is 0 Å². The van der Waals surface area contributed by atoms with Gasteiger partial charge in [0.15, 0.2) is 0 Å². The van der Waals surface area contributed by atoms with Crippen molar-refractivity contribution in [2.75, 3.05) is 31.1 Å². The lowest BCUT2D eigenvalue weighted by Gasteiger charge is -2.27. The van der Waals surface area contributed by atoms with Crippen LogP contribution < -0.4 is 4.90 Å². The van der Waals surface area contributed by atoms with Gasteiger partial charge in [-0.05, 0) is 49.9 Å². The van der Waals surface area contributed by atoms with E-state index < -0.39 is 0 Å². The summed E-state index contributed by atoms with van der Waals surface area (Å²) in [6.07, 6.45) is 4.56. The molecule has 0 spiro atoms. The third kappa shape index (κ3) is 2.87. The summed E-state index contributed by atoms with van der Waals surface area (Å²) in [5.41, 5.74) is 1.81. The topological polar surface area (TPSA) is 56.6 Å². The maximum atomic E-state index is 12.9. The van der Waals surface area contributed by atoms with Crippen molar-refractivity contribution >= 4 is 11.6 Å². The van der Waals surface area contributed by atoms with E-state index in [0.717, 1.165) is 57.5 Å². The van der Waals surface area contributed by atoms with Crippen LogP contribution in [0.1, 0.15) is 31.2 Å². The van der Waals surface area contributed by atoms with E-state index in [4.69, 9.17) is 10.00 Å². The lowest BCUT2D eigenvalue weighted by Crippen LogP contribution is -2.42. The van der Waals surface area contributed by atoms with Crippen molar-refractivity contribution in [3.8, 4) is 6.07 Å². The number of benzene rings is 1. The maximum absolute atomic E-state index is 12.9. The zero-order valence-electron chi connectivity index (χ0n) is 13.9. The highest BCUT2D eigenvalue weighted by Crippen LogP contribution is 2.39. The molecular formula is C19H23N3O2. The molecule has 126 valence electrons. The van der Waals surface area contributed by atoms with Crippen LogP contribution in [-0.2, 0) is 9.53 Å². The molecule has 24 heavy (non-hydrogen) atoms. The molecule has 3 aliphatic heterocycles. The fourth-order valence-corrected chi connectivity index (χ4v) is 4.28. The Bertz CT molecular complexity index is 652. The third-order valence-electron chi connectivity index (χ3n) is 5.59. The first-order valence-corrected chi connectivity index (χ1v) is 8.94. The van der Waals surface area contributed by atoms with Gasteiger partial charge in [-0.3, -0.25) is 4.79 Å². The predicted molar refractivity (Wildman–Crippen MR) is 90.6 cm³/mol. The minimum Gasteiger partial charge on any atom is -0.374 e. The summed E-state index contributed by atoms with van der Waals surface area (Å²) < 4.78 is 5.86. The van der Waals surface area contributed by atoms with Crippen LogP contribution in [0.15, 0.2) is 24.3 Å². The lowest BCUT2D eigenvalue weighted by molar-refractivity contribution is -0.136. The third-order valence-corrected chi connectivity index (χ3v) is 5.59. The maximum Gasteiger partial charge on any atom is 0.228 e.